The third-order valence-electron chi connectivity index (χ3n) is 2.72. The predicted molar refractivity (Wildman–Crippen MR) is 59.1 cm³/mol. The zero-order valence-electron chi connectivity index (χ0n) is 9.56. The van der Waals surface area contributed by atoms with Crippen LogP contribution >= 0.6 is 0 Å². The molecule has 0 saturated carbocycles. The monoisotopic (exact) mass is 229 g/mol. The Morgan fingerprint density at radius 3 is 2.81 bits per heavy atom. The number of likely N-dealkylation sites (tertiary alicyclic amines) is 1. The molecule has 1 fully saturated rings. The van der Waals surface area contributed by atoms with Gasteiger partial charge in [-0.05, 0) is 12.8 Å². The van der Waals surface area contributed by atoms with Gasteiger partial charge in [0.05, 0.1) is 6.42 Å². The van der Waals surface area contributed by atoms with Crippen LogP contribution in [0.3, 0.4) is 0 Å². The highest BCUT2D eigenvalue weighted by Gasteiger charge is 2.23. The van der Waals surface area contributed by atoms with Crippen LogP contribution in [-0.2, 0) is 4.79 Å². The van der Waals surface area contributed by atoms with Gasteiger partial charge < -0.3 is 20.6 Å². The molecule has 92 valence electrons. The number of urea groups is 1. The van der Waals surface area contributed by atoms with Gasteiger partial charge in [0, 0.05) is 32.7 Å². The molecule has 3 N–H and O–H groups in total. The number of carbonyl (C=O) groups is 2. The molecule has 2 amide bonds. The summed E-state index contributed by atoms with van der Waals surface area (Å²) in [6.45, 7) is 1.51. The van der Waals surface area contributed by atoms with Crippen LogP contribution in [0, 0.1) is 0 Å². The van der Waals surface area contributed by atoms with Gasteiger partial charge in [-0.15, -0.1) is 0 Å². The van der Waals surface area contributed by atoms with Crippen molar-refractivity contribution in [1.82, 2.24) is 9.80 Å². The Bertz CT molecular complexity index is 270. The molecule has 0 aromatic heterocycles. The molecule has 1 heterocycles. The van der Waals surface area contributed by atoms with E-state index in [1.54, 1.807) is 11.9 Å². The van der Waals surface area contributed by atoms with Gasteiger partial charge in [0.1, 0.15) is 0 Å². The van der Waals surface area contributed by atoms with Crippen molar-refractivity contribution in [2.24, 2.45) is 5.73 Å². The number of nitrogens with two attached hydrogens (primary N) is 1. The van der Waals surface area contributed by atoms with E-state index in [0.717, 1.165) is 12.8 Å². The van der Waals surface area contributed by atoms with Crippen LogP contribution in [0.15, 0.2) is 0 Å². The quantitative estimate of drug-likeness (QED) is 0.709. The van der Waals surface area contributed by atoms with Crippen LogP contribution in [0.5, 0.6) is 0 Å². The molecule has 1 aliphatic heterocycles. The molecule has 0 aliphatic carbocycles. The summed E-state index contributed by atoms with van der Waals surface area (Å²) in [6.07, 6.45) is 1.84. The van der Waals surface area contributed by atoms with E-state index in [2.05, 4.69) is 0 Å². The first-order valence-corrected chi connectivity index (χ1v) is 5.48. The zero-order chi connectivity index (χ0) is 12.1. The van der Waals surface area contributed by atoms with E-state index in [1.165, 1.54) is 4.90 Å². The molecule has 16 heavy (non-hydrogen) atoms. The fourth-order valence-electron chi connectivity index (χ4n) is 1.78. The maximum absolute atomic E-state index is 11.9. The van der Waals surface area contributed by atoms with E-state index in [9.17, 15) is 9.59 Å². The SMILES string of the molecule is CN(CCC(=O)O)C(=O)N1CCCC(N)C1. The highest BCUT2D eigenvalue weighted by atomic mass is 16.4. The van der Waals surface area contributed by atoms with Gasteiger partial charge in [0.2, 0.25) is 0 Å². The second-order valence-electron chi connectivity index (χ2n) is 4.20. The lowest BCUT2D eigenvalue weighted by Crippen LogP contribution is -2.50. The lowest BCUT2D eigenvalue weighted by atomic mass is 10.1. The number of nitrogens with zero attached hydrogens (tertiary/aromatic N) is 2. The lowest BCUT2D eigenvalue weighted by molar-refractivity contribution is -0.137. The summed E-state index contributed by atoms with van der Waals surface area (Å²) in [7, 11) is 1.62. The summed E-state index contributed by atoms with van der Waals surface area (Å²) < 4.78 is 0. The molecule has 0 bridgehead atoms. The lowest BCUT2D eigenvalue weighted by Gasteiger charge is -2.33. The van der Waals surface area contributed by atoms with Gasteiger partial charge in [0.15, 0.2) is 0 Å². The Morgan fingerprint density at radius 2 is 2.25 bits per heavy atom. The Balaban J connectivity index is 2.40. The molecule has 6 heteroatoms. The van der Waals surface area contributed by atoms with Crippen molar-refractivity contribution in [2.75, 3.05) is 26.7 Å². The third-order valence-corrected chi connectivity index (χ3v) is 2.72. The number of rotatable bonds is 3. The van der Waals surface area contributed by atoms with Crippen LogP contribution < -0.4 is 5.73 Å². The number of carboxylic acid groups (broad SMARTS) is 1. The molecule has 6 nitrogen and oxygen atoms in total. The van der Waals surface area contributed by atoms with E-state index in [1.807, 2.05) is 0 Å². The van der Waals surface area contributed by atoms with Crippen LogP contribution in [0.1, 0.15) is 19.3 Å². The molecule has 0 aromatic rings. The third kappa shape index (κ3) is 3.69. The topological polar surface area (TPSA) is 86.9 Å². The highest BCUT2D eigenvalue weighted by Crippen LogP contribution is 2.10. The second kappa shape index (κ2) is 5.69. The fourth-order valence-corrected chi connectivity index (χ4v) is 1.78. The maximum atomic E-state index is 11.9. The van der Waals surface area contributed by atoms with Crippen LogP contribution in [0.2, 0.25) is 0 Å². The molecular formula is C10H19N3O3. The van der Waals surface area contributed by atoms with Crippen LogP contribution in [0.25, 0.3) is 0 Å². The summed E-state index contributed by atoms with van der Waals surface area (Å²) in [5, 5.41) is 8.52. The fraction of sp³-hybridized carbons (Fsp3) is 0.800. The minimum Gasteiger partial charge on any atom is -0.481 e. The van der Waals surface area contributed by atoms with Crippen molar-refractivity contribution in [3.63, 3.8) is 0 Å². The maximum Gasteiger partial charge on any atom is 0.319 e. The van der Waals surface area contributed by atoms with Crippen molar-refractivity contribution < 1.29 is 14.7 Å². The van der Waals surface area contributed by atoms with Crippen molar-refractivity contribution in [3.05, 3.63) is 0 Å². The molecule has 0 aromatic carbocycles. The minimum atomic E-state index is -0.894. The molecule has 1 aliphatic rings. The van der Waals surface area contributed by atoms with Crippen molar-refractivity contribution in [2.45, 2.75) is 25.3 Å². The molecule has 1 rings (SSSR count). The Kier molecular flexibility index (Phi) is 4.54. The Labute approximate surface area is 95.0 Å². The van der Waals surface area contributed by atoms with Gasteiger partial charge in [-0.2, -0.15) is 0 Å². The van der Waals surface area contributed by atoms with E-state index < -0.39 is 5.97 Å². The zero-order valence-corrected chi connectivity index (χ0v) is 9.56. The van der Waals surface area contributed by atoms with E-state index >= 15 is 0 Å². The van der Waals surface area contributed by atoms with Gasteiger partial charge in [-0.1, -0.05) is 0 Å². The van der Waals surface area contributed by atoms with Crippen molar-refractivity contribution in [3.8, 4) is 0 Å². The Hall–Kier alpha value is -1.30. The summed E-state index contributed by atoms with van der Waals surface area (Å²) in [4.78, 5) is 25.4. The summed E-state index contributed by atoms with van der Waals surface area (Å²) in [5.41, 5.74) is 5.78. The number of hydrogen-bond donors (Lipinski definition) is 2. The van der Waals surface area contributed by atoms with Gasteiger partial charge >= 0.3 is 12.0 Å². The summed E-state index contributed by atoms with van der Waals surface area (Å²) >= 11 is 0. The number of carboxylic acids is 1. The highest BCUT2D eigenvalue weighted by molar-refractivity contribution is 5.75. The molecule has 1 atom stereocenters. The summed E-state index contributed by atoms with van der Waals surface area (Å²) in [5.74, 6) is -0.894. The number of hydrogen-bond acceptors (Lipinski definition) is 3. The first-order chi connectivity index (χ1) is 7.50. The first-order valence-electron chi connectivity index (χ1n) is 5.48. The number of amides is 2. The van der Waals surface area contributed by atoms with Gasteiger partial charge in [-0.25, -0.2) is 4.79 Å². The normalized spacial score (nSPS) is 20.6. The standard InChI is InChI=1S/C10H19N3O3/c1-12(6-4-9(14)15)10(16)13-5-2-3-8(11)7-13/h8H,2-7,11H2,1H3,(H,14,15). The first kappa shape index (κ1) is 12.8. The van der Waals surface area contributed by atoms with E-state index in [0.29, 0.717) is 13.1 Å². The predicted octanol–water partition coefficient (Wildman–Crippen LogP) is -0.0640. The average Bonchev–Trinajstić information content (AvgIpc) is 2.24. The smallest absolute Gasteiger partial charge is 0.319 e. The van der Waals surface area contributed by atoms with E-state index in [-0.39, 0.29) is 25.0 Å². The Morgan fingerprint density at radius 1 is 1.56 bits per heavy atom. The van der Waals surface area contributed by atoms with Crippen LogP contribution in [0.4, 0.5) is 4.79 Å². The molecule has 1 unspecified atom stereocenters. The number of carbonyl (C=O) groups excluding carboxylic acids is 1. The van der Waals surface area contributed by atoms with Gasteiger partial charge in [0.25, 0.3) is 0 Å². The molecular weight excluding hydrogens is 210 g/mol. The second-order valence-corrected chi connectivity index (χ2v) is 4.20. The molecule has 0 spiro atoms. The van der Waals surface area contributed by atoms with Gasteiger partial charge in [-0.3, -0.25) is 4.79 Å². The number of piperidine rings is 1. The molecule has 1 saturated heterocycles. The summed E-state index contributed by atoms with van der Waals surface area (Å²) in [6, 6.07) is -0.0815. The number of aliphatic carboxylic acids is 1. The molecule has 0 radical (unpaired) electrons. The minimum absolute atomic E-state index is 0.0257. The largest absolute Gasteiger partial charge is 0.481 e. The van der Waals surface area contributed by atoms with Crippen LogP contribution in [-0.4, -0.2) is 59.6 Å². The van der Waals surface area contributed by atoms with E-state index in [4.69, 9.17) is 10.8 Å². The average molecular weight is 229 g/mol. The van der Waals surface area contributed by atoms with Crippen molar-refractivity contribution >= 4 is 12.0 Å². The van der Waals surface area contributed by atoms with Crippen molar-refractivity contribution in [1.29, 1.82) is 0 Å².